The van der Waals surface area contributed by atoms with Gasteiger partial charge in [0.2, 0.25) is 6.29 Å². The molecule has 0 aromatic carbocycles. The molecule has 1 rings (SSSR count). The van der Waals surface area contributed by atoms with Gasteiger partial charge in [-0.05, 0) is 6.54 Å². The summed E-state index contributed by atoms with van der Waals surface area (Å²) in [5.74, 6) is 0. The number of hydrogen-bond donors (Lipinski definition) is 0. The van der Waals surface area contributed by atoms with Crippen molar-refractivity contribution in [3.63, 3.8) is 0 Å². The number of ether oxygens (including phenoxy) is 1. The molecule has 1 heterocycles. The molecule has 0 aromatic heterocycles. The van der Waals surface area contributed by atoms with Crippen molar-refractivity contribution in [2.75, 3.05) is 26.2 Å². The molecule has 0 saturated carbocycles. The van der Waals surface area contributed by atoms with Gasteiger partial charge in [-0.15, -0.1) is 0 Å². The van der Waals surface area contributed by atoms with Crippen molar-refractivity contribution >= 4 is 6.29 Å². The maximum Gasteiger partial charge on any atom is 0.231 e. The van der Waals surface area contributed by atoms with E-state index in [1.54, 1.807) is 0 Å². The van der Waals surface area contributed by atoms with Crippen LogP contribution in [0.15, 0.2) is 0 Å². The highest BCUT2D eigenvalue weighted by atomic mass is 16.5. The van der Waals surface area contributed by atoms with Gasteiger partial charge in [-0.2, -0.15) is 0 Å². The Kier molecular flexibility index (Phi) is 2.83. The second-order valence-corrected chi connectivity index (χ2v) is 2.37. The highest BCUT2D eigenvalue weighted by Gasteiger charge is 2.18. The summed E-state index contributed by atoms with van der Waals surface area (Å²) in [6.07, 6.45) is 1.54. The quantitative estimate of drug-likeness (QED) is 0.535. The summed E-state index contributed by atoms with van der Waals surface area (Å²) in [7, 11) is 0. The molecule has 1 atom stereocenters. The van der Waals surface area contributed by atoms with Gasteiger partial charge in [-0.1, -0.05) is 6.92 Å². The minimum absolute atomic E-state index is 0.311. The smallest absolute Gasteiger partial charge is 0.231 e. The molecule has 1 radical (unpaired) electrons. The van der Waals surface area contributed by atoms with Crippen LogP contribution in [0.2, 0.25) is 0 Å². The molecule has 57 valence electrons. The lowest BCUT2D eigenvalue weighted by Gasteiger charge is -2.28. The second-order valence-electron chi connectivity index (χ2n) is 2.37. The van der Waals surface area contributed by atoms with Crippen molar-refractivity contribution < 1.29 is 9.53 Å². The molecule has 1 saturated heterocycles. The lowest BCUT2D eigenvalue weighted by atomic mass is 10.3. The van der Waals surface area contributed by atoms with Gasteiger partial charge in [0.25, 0.3) is 0 Å². The minimum atomic E-state index is -0.311. The molecule has 0 aliphatic carbocycles. The lowest BCUT2D eigenvalue weighted by molar-refractivity contribution is 0.00780. The maximum absolute atomic E-state index is 10.1. The number of morpholine rings is 1. The van der Waals surface area contributed by atoms with Crippen LogP contribution in [-0.2, 0) is 9.53 Å². The molecule has 0 amide bonds. The van der Waals surface area contributed by atoms with Crippen LogP contribution in [0.5, 0.6) is 0 Å². The Hall–Kier alpha value is -0.410. The van der Waals surface area contributed by atoms with E-state index in [1.165, 1.54) is 0 Å². The fourth-order valence-corrected chi connectivity index (χ4v) is 1.06. The fraction of sp³-hybridized carbons (Fsp3) is 0.857. The molecular formula is C7H12NO2. The molecule has 0 N–H and O–H groups in total. The first kappa shape index (κ1) is 7.69. The molecule has 1 aliphatic rings. The van der Waals surface area contributed by atoms with Gasteiger partial charge in [-0.3, -0.25) is 9.69 Å². The summed E-state index contributed by atoms with van der Waals surface area (Å²) in [6, 6.07) is 0. The Balaban J connectivity index is 2.31. The number of nitrogens with zero attached hydrogens (tertiary/aromatic N) is 1. The summed E-state index contributed by atoms with van der Waals surface area (Å²) in [5.41, 5.74) is 0. The van der Waals surface area contributed by atoms with E-state index in [2.05, 4.69) is 11.8 Å². The van der Waals surface area contributed by atoms with Crippen molar-refractivity contribution in [2.45, 2.75) is 13.0 Å². The van der Waals surface area contributed by atoms with Gasteiger partial charge in [0, 0.05) is 13.1 Å². The van der Waals surface area contributed by atoms with E-state index in [4.69, 9.17) is 4.74 Å². The Morgan fingerprint density at radius 1 is 1.80 bits per heavy atom. The molecular weight excluding hydrogens is 130 g/mol. The standard InChI is InChI=1S/C7H12NO2/c1-2-8-3-4-10-7(5-8)6-9/h7H,2-5H2,1H3. The van der Waals surface area contributed by atoms with Crippen LogP contribution >= 0.6 is 0 Å². The third kappa shape index (κ3) is 1.78. The van der Waals surface area contributed by atoms with Crippen LogP contribution in [0, 0.1) is 0 Å². The van der Waals surface area contributed by atoms with Crippen LogP contribution in [0.1, 0.15) is 6.92 Å². The maximum atomic E-state index is 10.1. The van der Waals surface area contributed by atoms with Gasteiger partial charge in [-0.25, -0.2) is 0 Å². The molecule has 3 nitrogen and oxygen atoms in total. The van der Waals surface area contributed by atoms with Gasteiger partial charge < -0.3 is 4.74 Å². The number of rotatable bonds is 2. The zero-order valence-electron chi connectivity index (χ0n) is 6.17. The van der Waals surface area contributed by atoms with E-state index in [0.29, 0.717) is 13.2 Å². The zero-order valence-corrected chi connectivity index (χ0v) is 6.17. The van der Waals surface area contributed by atoms with Gasteiger partial charge in [0.1, 0.15) is 6.10 Å². The number of carbonyl (C=O) groups excluding carboxylic acids is 1. The van der Waals surface area contributed by atoms with Crippen molar-refractivity contribution in [3.8, 4) is 0 Å². The predicted octanol–water partition coefficient (Wildman–Crippen LogP) is -0.183. The second kappa shape index (κ2) is 3.68. The molecule has 1 fully saturated rings. The summed E-state index contributed by atoms with van der Waals surface area (Å²) in [4.78, 5) is 12.3. The SMILES string of the molecule is CCN1CCOC([C]=O)C1. The van der Waals surface area contributed by atoms with E-state index < -0.39 is 0 Å². The van der Waals surface area contributed by atoms with E-state index in [0.717, 1.165) is 13.1 Å². The van der Waals surface area contributed by atoms with E-state index in [9.17, 15) is 4.79 Å². The first-order chi connectivity index (χ1) is 4.86. The van der Waals surface area contributed by atoms with Crippen molar-refractivity contribution in [1.82, 2.24) is 4.90 Å². The van der Waals surface area contributed by atoms with Gasteiger partial charge in [0.05, 0.1) is 6.61 Å². The lowest BCUT2D eigenvalue weighted by Crippen LogP contribution is -2.42. The third-order valence-corrected chi connectivity index (χ3v) is 1.73. The first-order valence-corrected chi connectivity index (χ1v) is 3.58. The van der Waals surface area contributed by atoms with E-state index in [-0.39, 0.29) is 6.10 Å². The van der Waals surface area contributed by atoms with E-state index >= 15 is 0 Å². The Labute approximate surface area is 61.0 Å². The Morgan fingerprint density at radius 3 is 3.20 bits per heavy atom. The normalized spacial score (nSPS) is 28.3. The van der Waals surface area contributed by atoms with Crippen molar-refractivity contribution in [2.24, 2.45) is 0 Å². The fourth-order valence-electron chi connectivity index (χ4n) is 1.06. The molecule has 0 bridgehead atoms. The third-order valence-electron chi connectivity index (χ3n) is 1.73. The largest absolute Gasteiger partial charge is 0.367 e. The van der Waals surface area contributed by atoms with E-state index in [1.807, 2.05) is 6.29 Å². The average Bonchev–Trinajstić information content (AvgIpc) is 2.05. The van der Waals surface area contributed by atoms with Crippen LogP contribution < -0.4 is 0 Å². The molecule has 1 aliphatic heterocycles. The van der Waals surface area contributed by atoms with Crippen molar-refractivity contribution in [3.05, 3.63) is 0 Å². The van der Waals surface area contributed by atoms with Crippen LogP contribution in [-0.4, -0.2) is 43.5 Å². The first-order valence-electron chi connectivity index (χ1n) is 3.58. The Bertz CT molecular complexity index is 116. The van der Waals surface area contributed by atoms with Crippen LogP contribution in [0.3, 0.4) is 0 Å². The highest BCUT2D eigenvalue weighted by molar-refractivity contribution is 5.57. The highest BCUT2D eigenvalue weighted by Crippen LogP contribution is 2.01. The predicted molar refractivity (Wildman–Crippen MR) is 37.5 cm³/mol. The van der Waals surface area contributed by atoms with Gasteiger partial charge >= 0.3 is 0 Å². The molecule has 0 spiro atoms. The average molecular weight is 142 g/mol. The monoisotopic (exact) mass is 142 g/mol. The molecule has 1 unspecified atom stereocenters. The topological polar surface area (TPSA) is 29.5 Å². The van der Waals surface area contributed by atoms with Gasteiger partial charge in [0.15, 0.2) is 0 Å². The minimum Gasteiger partial charge on any atom is -0.367 e. The van der Waals surface area contributed by atoms with Crippen molar-refractivity contribution in [1.29, 1.82) is 0 Å². The van der Waals surface area contributed by atoms with Crippen LogP contribution in [0.4, 0.5) is 0 Å². The summed E-state index contributed by atoms with van der Waals surface area (Å²) < 4.78 is 5.09. The number of hydrogen-bond acceptors (Lipinski definition) is 3. The molecule has 10 heavy (non-hydrogen) atoms. The summed E-state index contributed by atoms with van der Waals surface area (Å²) in [6.45, 7) is 5.37. The molecule has 0 aromatic rings. The Morgan fingerprint density at radius 2 is 2.60 bits per heavy atom. The zero-order chi connectivity index (χ0) is 7.40. The van der Waals surface area contributed by atoms with Crippen LogP contribution in [0.25, 0.3) is 0 Å². The molecule has 3 heteroatoms. The number of likely N-dealkylation sites (N-methyl/N-ethyl adjacent to an activating group) is 1. The summed E-state index contributed by atoms with van der Waals surface area (Å²) >= 11 is 0. The summed E-state index contributed by atoms with van der Waals surface area (Å²) in [5, 5.41) is 0.